The van der Waals surface area contributed by atoms with E-state index in [9.17, 15) is 27.9 Å². The molecule has 2 atom stereocenters. The van der Waals surface area contributed by atoms with E-state index in [4.69, 9.17) is 5.11 Å². The third-order valence-corrected chi connectivity index (χ3v) is 4.12. The van der Waals surface area contributed by atoms with Crippen LogP contribution in [0.2, 0.25) is 0 Å². The van der Waals surface area contributed by atoms with Gasteiger partial charge in [0, 0.05) is 0 Å². The molecule has 1 aliphatic heterocycles. The van der Waals surface area contributed by atoms with Crippen molar-refractivity contribution in [3.63, 3.8) is 0 Å². The van der Waals surface area contributed by atoms with E-state index < -0.39 is 43.0 Å². The van der Waals surface area contributed by atoms with Gasteiger partial charge in [-0.25, -0.2) is 0 Å². The largest absolute Gasteiger partial charge is 0.508 e. The summed E-state index contributed by atoms with van der Waals surface area (Å²) in [6.45, 7) is 0.197. The zero-order chi connectivity index (χ0) is 18.1. The molecule has 1 heterocycles. The molecule has 2 rings (SSSR count). The molecule has 8 heteroatoms. The Hall–Kier alpha value is -2.25. The average molecular weight is 345 g/mol. The van der Waals surface area contributed by atoms with E-state index in [1.807, 2.05) is 0 Å². The summed E-state index contributed by atoms with van der Waals surface area (Å²) in [5.41, 5.74) is 1.02. The lowest BCUT2D eigenvalue weighted by Gasteiger charge is -2.32. The second-order valence-corrected chi connectivity index (χ2v) is 5.89. The topological polar surface area (TPSA) is 77.8 Å². The van der Waals surface area contributed by atoms with Gasteiger partial charge in [-0.2, -0.15) is 13.2 Å². The number of carbonyl (C=O) groups excluding carboxylic acids is 1. The van der Waals surface area contributed by atoms with Crippen molar-refractivity contribution < 1.29 is 33.0 Å². The van der Waals surface area contributed by atoms with Crippen molar-refractivity contribution in [1.82, 2.24) is 4.90 Å². The molecule has 0 spiro atoms. The van der Waals surface area contributed by atoms with Gasteiger partial charge in [-0.1, -0.05) is 13.0 Å². The first kappa shape index (κ1) is 18.1. The highest BCUT2D eigenvalue weighted by atomic mass is 19.4. The van der Waals surface area contributed by atoms with E-state index in [0.717, 1.165) is 0 Å². The number of halogens is 3. The van der Waals surface area contributed by atoms with E-state index in [1.54, 1.807) is 6.92 Å². The molecular formula is C16H18F3NO4. The fraction of sp³-hybridized carbons (Fsp3) is 0.500. The van der Waals surface area contributed by atoms with Gasteiger partial charge in [-0.3, -0.25) is 9.59 Å². The number of amides is 1. The zero-order valence-electron chi connectivity index (χ0n) is 13.0. The summed E-state index contributed by atoms with van der Waals surface area (Å²) < 4.78 is 38.8. The summed E-state index contributed by atoms with van der Waals surface area (Å²) in [7, 11) is 0. The molecule has 0 bridgehead atoms. The van der Waals surface area contributed by atoms with Crippen molar-refractivity contribution in [3.8, 4) is 5.75 Å². The number of phenols is 1. The first-order valence-electron chi connectivity index (χ1n) is 7.53. The second-order valence-electron chi connectivity index (χ2n) is 5.89. The van der Waals surface area contributed by atoms with Crippen LogP contribution in [-0.4, -0.2) is 39.7 Å². The Morgan fingerprint density at radius 2 is 2.04 bits per heavy atom. The predicted molar refractivity (Wildman–Crippen MR) is 78.4 cm³/mol. The highest BCUT2D eigenvalue weighted by molar-refractivity contribution is 5.84. The van der Waals surface area contributed by atoms with Crippen molar-refractivity contribution in [1.29, 1.82) is 0 Å². The van der Waals surface area contributed by atoms with Crippen LogP contribution in [0.4, 0.5) is 13.2 Å². The number of fused-ring (bicyclic) bond motifs is 1. The monoisotopic (exact) mass is 345 g/mol. The number of hydrogen-bond donors (Lipinski definition) is 2. The maximum absolute atomic E-state index is 12.9. The van der Waals surface area contributed by atoms with Gasteiger partial charge >= 0.3 is 12.1 Å². The van der Waals surface area contributed by atoms with Crippen molar-refractivity contribution >= 4 is 11.9 Å². The van der Waals surface area contributed by atoms with Crippen LogP contribution in [0.5, 0.6) is 5.75 Å². The number of carboxylic acid groups (broad SMARTS) is 1. The number of aliphatic carboxylic acids is 1. The Labute approximate surface area is 136 Å². The fourth-order valence-electron chi connectivity index (χ4n) is 3.18. The van der Waals surface area contributed by atoms with Crippen LogP contribution < -0.4 is 0 Å². The molecule has 132 valence electrons. The average Bonchev–Trinajstić information content (AvgIpc) is 2.54. The smallest absolute Gasteiger partial charge is 0.406 e. The number of nitrogens with zero attached hydrogens (tertiary/aromatic N) is 1. The van der Waals surface area contributed by atoms with Gasteiger partial charge in [0.25, 0.3) is 0 Å². The number of benzene rings is 1. The van der Waals surface area contributed by atoms with E-state index >= 15 is 0 Å². The number of rotatable bonds is 4. The number of aromatic hydroxyl groups is 1. The lowest BCUT2D eigenvalue weighted by atomic mass is 9.92. The third kappa shape index (κ3) is 3.98. The molecule has 0 aliphatic carbocycles. The molecule has 0 fully saturated rings. The van der Waals surface area contributed by atoms with Gasteiger partial charge in [-0.05, 0) is 36.1 Å². The molecule has 1 aliphatic rings. The van der Waals surface area contributed by atoms with Crippen molar-refractivity contribution in [2.45, 2.75) is 38.4 Å². The molecular weight excluding hydrogens is 327 g/mol. The van der Waals surface area contributed by atoms with Crippen LogP contribution in [0, 0.1) is 5.92 Å². The van der Waals surface area contributed by atoms with Gasteiger partial charge in [-0.15, -0.1) is 0 Å². The number of carboxylic acids is 1. The number of hydrogen-bond acceptors (Lipinski definition) is 3. The molecule has 24 heavy (non-hydrogen) atoms. The zero-order valence-corrected chi connectivity index (χ0v) is 13.0. The van der Waals surface area contributed by atoms with Crippen LogP contribution in [0.15, 0.2) is 18.2 Å². The van der Waals surface area contributed by atoms with Crippen LogP contribution >= 0.6 is 0 Å². The van der Waals surface area contributed by atoms with Crippen LogP contribution in [-0.2, 0) is 16.0 Å². The summed E-state index contributed by atoms with van der Waals surface area (Å²) in [6.07, 6.45) is -4.88. The maximum atomic E-state index is 12.9. The molecule has 0 saturated carbocycles. The molecule has 0 aromatic heterocycles. The van der Waals surface area contributed by atoms with Crippen LogP contribution in [0.1, 0.15) is 36.9 Å². The van der Waals surface area contributed by atoms with Crippen molar-refractivity contribution in [2.75, 3.05) is 6.54 Å². The first-order valence-corrected chi connectivity index (χ1v) is 7.53. The maximum Gasteiger partial charge on any atom is 0.406 e. The number of carbonyl (C=O) groups is 2. The quantitative estimate of drug-likeness (QED) is 0.880. The van der Waals surface area contributed by atoms with E-state index in [1.165, 1.54) is 18.2 Å². The Morgan fingerprint density at radius 1 is 1.38 bits per heavy atom. The van der Waals surface area contributed by atoms with Gasteiger partial charge in [0.15, 0.2) is 0 Å². The molecule has 1 unspecified atom stereocenters. The van der Waals surface area contributed by atoms with Crippen LogP contribution in [0.3, 0.4) is 0 Å². The molecule has 2 N–H and O–H groups in total. The highest BCUT2D eigenvalue weighted by Gasteiger charge is 2.42. The number of alkyl halides is 3. The number of phenolic OH excluding ortho intramolecular Hbond substituents is 1. The van der Waals surface area contributed by atoms with E-state index in [0.29, 0.717) is 16.0 Å². The fourth-order valence-corrected chi connectivity index (χ4v) is 3.18. The highest BCUT2D eigenvalue weighted by Crippen LogP contribution is 2.38. The molecule has 5 nitrogen and oxygen atoms in total. The van der Waals surface area contributed by atoms with Crippen molar-refractivity contribution in [2.24, 2.45) is 5.92 Å². The Kier molecular flexibility index (Phi) is 5.05. The molecule has 0 saturated heterocycles. The summed E-state index contributed by atoms with van der Waals surface area (Å²) in [5.74, 6) is -3.24. The normalized spacial score (nSPS) is 21.3. The minimum Gasteiger partial charge on any atom is -0.508 e. The summed E-state index contributed by atoms with van der Waals surface area (Å²) >= 11 is 0. The second kappa shape index (κ2) is 6.70. The predicted octanol–water partition coefficient (Wildman–Crippen LogP) is 2.88. The first-order chi connectivity index (χ1) is 11.1. The summed E-state index contributed by atoms with van der Waals surface area (Å²) in [4.78, 5) is 24.3. The SMILES string of the molecule is CCC1c2cc(O)ccc2C[C@@H](CC(=O)O)C(=O)N1CC(F)(F)F. The third-order valence-electron chi connectivity index (χ3n) is 4.12. The molecule has 1 amide bonds. The van der Waals surface area contributed by atoms with Gasteiger partial charge in [0.1, 0.15) is 12.3 Å². The van der Waals surface area contributed by atoms with Gasteiger partial charge in [0.2, 0.25) is 5.91 Å². The lowest BCUT2D eigenvalue weighted by Crippen LogP contribution is -2.43. The molecule has 0 radical (unpaired) electrons. The minimum absolute atomic E-state index is 0.0333. The Bertz CT molecular complexity index is 645. The Balaban J connectivity index is 2.53. The Morgan fingerprint density at radius 3 is 2.58 bits per heavy atom. The molecule has 1 aromatic rings. The summed E-state index contributed by atoms with van der Waals surface area (Å²) in [6, 6.07) is 3.41. The summed E-state index contributed by atoms with van der Waals surface area (Å²) in [5, 5.41) is 18.6. The van der Waals surface area contributed by atoms with Gasteiger partial charge < -0.3 is 15.1 Å². The minimum atomic E-state index is -4.60. The van der Waals surface area contributed by atoms with Gasteiger partial charge in [0.05, 0.1) is 18.4 Å². The van der Waals surface area contributed by atoms with Crippen LogP contribution in [0.25, 0.3) is 0 Å². The van der Waals surface area contributed by atoms with E-state index in [-0.39, 0.29) is 18.6 Å². The lowest BCUT2D eigenvalue weighted by molar-refractivity contribution is -0.169. The van der Waals surface area contributed by atoms with E-state index in [2.05, 4.69) is 0 Å². The van der Waals surface area contributed by atoms with Crippen molar-refractivity contribution in [3.05, 3.63) is 29.3 Å². The molecule has 1 aromatic carbocycles. The standard InChI is InChI=1S/C16H18F3NO4/c1-2-13-12-7-11(21)4-3-9(12)5-10(6-14(22)23)15(24)20(13)8-16(17,18)19/h3-4,7,10,13,21H,2,5-6,8H2,1H3,(H,22,23)/t10-,13?/m0/s1.